The highest BCUT2D eigenvalue weighted by Crippen LogP contribution is 2.31. The van der Waals surface area contributed by atoms with E-state index in [-0.39, 0.29) is 16.3 Å². The van der Waals surface area contributed by atoms with Crippen LogP contribution < -0.4 is 11.1 Å². The maximum atomic E-state index is 13.8. The van der Waals surface area contributed by atoms with E-state index in [4.69, 9.17) is 17.3 Å². The molecule has 24 heavy (non-hydrogen) atoms. The molecule has 0 aliphatic rings. The van der Waals surface area contributed by atoms with Crippen LogP contribution >= 0.6 is 22.9 Å². The number of anilines is 3. The van der Waals surface area contributed by atoms with Gasteiger partial charge in [0.2, 0.25) is 5.78 Å². The second-order valence-corrected chi connectivity index (χ2v) is 6.56. The fourth-order valence-electron chi connectivity index (χ4n) is 2.20. The van der Waals surface area contributed by atoms with Gasteiger partial charge in [0, 0.05) is 10.7 Å². The molecule has 2 aromatic carbocycles. The van der Waals surface area contributed by atoms with E-state index >= 15 is 0 Å². The van der Waals surface area contributed by atoms with Gasteiger partial charge in [0.15, 0.2) is 5.13 Å². The summed E-state index contributed by atoms with van der Waals surface area (Å²) in [5.74, 6) is -0.996. The van der Waals surface area contributed by atoms with Gasteiger partial charge in [-0.3, -0.25) is 4.79 Å². The summed E-state index contributed by atoms with van der Waals surface area (Å²) in [5, 5.41) is 4.19. The summed E-state index contributed by atoms with van der Waals surface area (Å²) in [4.78, 5) is 16.8. The molecule has 0 saturated carbocycles. The second kappa shape index (κ2) is 6.59. The van der Waals surface area contributed by atoms with Crippen molar-refractivity contribution in [3.8, 4) is 0 Å². The van der Waals surface area contributed by atoms with Crippen LogP contribution in [0.4, 0.5) is 21.0 Å². The third-order valence-electron chi connectivity index (χ3n) is 3.41. The van der Waals surface area contributed by atoms with Gasteiger partial charge in [-0.2, -0.15) is 0 Å². The smallest absolute Gasteiger partial charge is 0.209 e. The predicted octanol–water partition coefficient (Wildman–Crippen LogP) is 4.80. The summed E-state index contributed by atoms with van der Waals surface area (Å²) in [6.45, 7) is 1.90. The van der Waals surface area contributed by atoms with E-state index in [2.05, 4.69) is 10.3 Å². The van der Waals surface area contributed by atoms with E-state index in [0.29, 0.717) is 10.2 Å². The maximum Gasteiger partial charge on any atom is 0.209 e. The van der Waals surface area contributed by atoms with E-state index in [1.165, 1.54) is 18.2 Å². The normalized spacial score (nSPS) is 10.6. The van der Waals surface area contributed by atoms with E-state index in [9.17, 15) is 9.18 Å². The van der Waals surface area contributed by atoms with Gasteiger partial charge < -0.3 is 11.1 Å². The molecular weight excluding hydrogens is 349 g/mol. The molecule has 0 aliphatic heterocycles. The molecule has 0 spiro atoms. The number of halogens is 2. The van der Waals surface area contributed by atoms with Crippen molar-refractivity contribution in [2.75, 3.05) is 11.1 Å². The number of hydrogen-bond donors (Lipinski definition) is 2. The van der Waals surface area contributed by atoms with Gasteiger partial charge in [0.25, 0.3) is 0 Å². The van der Waals surface area contributed by atoms with Crippen LogP contribution in [0, 0.1) is 12.7 Å². The number of carbonyl (C=O) groups is 1. The summed E-state index contributed by atoms with van der Waals surface area (Å²) in [5.41, 5.74) is 7.55. The molecule has 122 valence electrons. The Balaban J connectivity index is 1.90. The topological polar surface area (TPSA) is 68.0 Å². The molecule has 7 heteroatoms. The summed E-state index contributed by atoms with van der Waals surface area (Å²) in [6.07, 6.45) is 0. The van der Waals surface area contributed by atoms with Crippen molar-refractivity contribution < 1.29 is 9.18 Å². The van der Waals surface area contributed by atoms with Gasteiger partial charge >= 0.3 is 0 Å². The third-order valence-corrected chi connectivity index (χ3v) is 4.63. The Bertz CT molecular complexity index is 926. The zero-order valence-corrected chi connectivity index (χ0v) is 14.2. The van der Waals surface area contributed by atoms with Crippen LogP contribution in [-0.4, -0.2) is 10.8 Å². The Morgan fingerprint density at radius 2 is 2.04 bits per heavy atom. The lowest BCUT2D eigenvalue weighted by Gasteiger charge is -2.06. The Kier molecular flexibility index (Phi) is 4.51. The Hall–Kier alpha value is -2.44. The first-order valence-electron chi connectivity index (χ1n) is 7.04. The molecule has 3 N–H and O–H groups in total. The number of hydrogen-bond acceptors (Lipinski definition) is 5. The van der Waals surface area contributed by atoms with Crippen LogP contribution in [0.25, 0.3) is 0 Å². The van der Waals surface area contributed by atoms with Gasteiger partial charge in [-0.15, -0.1) is 0 Å². The second-order valence-electron chi connectivity index (χ2n) is 5.13. The first-order chi connectivity index (χ1) is 11.5. The lowest BCUT2D eigenvalue weighted by molar-refractivity contribution is 0.103. The average Bonchev–Trinajstić information content (AvgIpc) is 2.90. The molecule has 0 amide bonds. The number of aromatic nitrogens is 1. The van der Waals surface area contributed by atoms with Crippen molar-refractivity contribution in [2.24, 2.45) is 0 Å². The van der Waals surface area contributed by atoms with Crippen LogP contribution in [0.3, 0.4) is 0 Å². The van der Waals surface area contributed by atoms with E-state index in [0.717, 1.165) is 22.6 Å². The number of rotatable bonds is 4. The average molecular weight is 362 g/mol. The zero-order valence-electron chi connectivity index (χ0n) is 12.6. The molecule has 0 unspecified atom stereocenters. The minimum Gasteiger partial charge on any atom is -0.382 e. The molecule has 0 atom stereocenters. The van der Waals surface area contributed by atoms with Gasteiger partial charge in [0.05, 0.1) is 5.56 Å². The predicted molar refractivity (Wildman–Crippen MR) is 95.8 cm³/mol. The molecule has 0 fully saturated rings. The highest BCUT2D eigenvalue weighted by molar-refractivity contribution is 7.18. The molecule has 0 aliphatic carbocycles. The molecule has 0 bridgehead atoms. The summed E-state index contributed by atoms with van der Waals surface area (Å²) in [6, 6.07) is 11.2. The highest BCUT2D eigenvalue weighted by Gasteiger charge is 2.20. The molecule has 1 aromatic heterocycles. The number of benzene rings is 2. The maximum absolute atomic E-state index is 13.8. The van der Waals surface area contributed by atoms with Crippen molar-refractivity contribution in [3.63, 3.8) is 0 Å². The summed E-state index contributed by atoms with van der Waals surface area (Å²) >= 11 is 7.01. The lowest BCUT2D eigenvalue weighted by atomic mass is 10.1. The van der Waals surface area contributed by atoms with E-state index in [1.54, 1.807) is 12.1 Å². The number of carbonyl (C=O) groups excluding carboxylic acids is 1. The van der Waals surface area contributed by atoms with Crippen LogP contribution in [0.1, 0.15) is 20.8 Å². The van der Waals surface area contributed by atoms with Gasteiger partial charge in [-0.25, -0.2) is 9.37 Å². The van der Waals surface area contributed by atoms with Gasteiger partial charge in [0.1, 0.15) is 16.5 Å². The van der Waals surface area contributed by atoms with Crippen molar-refractivity contribution in [1.82, 2.24) is 4.98 Å². The third kappa shape index (κ3) is 3.25. The number of nitrogens with zero attached hydrogens (tertiary/aromatic N) is 1. The molecular formula is C17H13ClFN3OS. The fourth-order valence-corrected chi connectivity index (χ4v) is 3.28. The van der Waals surface area contributed by atoms with Gasteiger partial charge in [-0.1, -0.05) is 35.1 Å². The molecule has 3 rings (SSSR count). The van der Waals surface area contributed by atoms with E-state index < -0.39 is 11.6 Å². The molecule has 0 saturated heterocycles. The number of aryl methyl sites for hydroxylation is 1. The van der Waals surface area contributed by atoms with E-state index in [1.807, 2.05) is 19.1 Å². The number of nitrogens with one attached hydrogen (secondary N) is 1. The van der Waals surface area contributed by atoms with Gasteiger partial charge in [-0.05, 0) is 42.8 Å². The standard InChI is InChI=1S/C17H13ClFN3OS/c1-9-8-10(18)6-7-13(9)21-17-22-16(20)15(24-17)14(23)11-4-2-3-5-12(11)19/h2-8H,20H2,1H3,(H,21,22). The minimum atomic E-state index is -0.585. The highest BCUT2D eigenvalue weighted by atomic mass is 35.5. The number of nitrogens with two attached hydrogens (primary N) is 1. The zero-order chi connectivity index (χ0) is 17.3. The Morgan fingerprint density at radius 3 is 2.75 bits per heavy atom. The SMILES string of the molecule is Cc1cc(Cl)ccc1Nc1nc(N)c(C(=O)c2ccccc2F)s1. The minimum absolute atomic E-state index is 0.0259. The van der Waals surface area contributed by atoms with Crippen molar-refractivity contribution in [2.45, 2.75) is 6.92 Å². The first kappa shape index (κ1) is 16.4. The first-order valence-corrected chi connectivity index (χ1v) is 8.24. The molecule has 3 aromatic rings. The van der Waals surface area contributed by atoms with Crippen LogP contribution in [0.5, 0.6) is 0 Å². The Morgan fingerprint density at radius 1 is 1.29 bits per heavy atom. The molecule has 0 radical (unpaired) electrons. The lowest BCUT2D eigenvalue weighted by Crippen LogP contribution is -2.04. The van der Waals surface area contributed by atoms with Crippen molar-refractivity contribution in [1.29, 1.82) is 0 Å². The largest absolute Gasteiger partial charge is 0.382 e. The number of thiazole rings is 1. The van der Waals surface area contributed by atoms with Crippen LogP contribution in [0.15, 0.2) is 42.5 Å². The molecule has 1 heterocycles. The molecule has 4 nitrogen and oxygen atoms in total. The van der Waals surface area contributed by atoms with Crippen molar-refractivity contribution >= 4 is 45.4 Å². The quantitative estimate of drug-likeness (QED) is 0.655. The summed E-state index contributed by atoms with van der Waals surface area (Å²) in [7, 11) is 0. The fraction of sp³-hybridized carbons (Fsp3) is 0.0588. The number of nitrogen functional groups attached to an aromatic ring is 1. The Labute approximate surface area is 147 Å². The monoisotopic (exact) mass is 361 g/mol. The van der Waals surface area contributed by atoms with Crippen LogP contribution in [0.2, 0.25) is 5.02 Å². The number of ketones is 1. The van der Waals surface area contributed by atoms with Crippen LogP contribution in [-0.2, 0) is 0 Å². The van der Waals surface area contributed by atoms with Crippen molar-refractivity contribution in [3.05, 3.63) is 69.3 Å². The summed E-state index contributed by atoms with van der Waals surface area (Å²) < 4.78 is 13.8.